The van der Waals surface area contributed by atoms with Crippen molar-refractivity contribution in [3.63, 3.8) is 0 Å². The Labute approximate surface area is 293 Å². The first kappa shape index (κ1) is 38.1. The topological polar surface area (TPSA) is 308 Å². The van der Waals surface area contributed by atoms with E-state index in [0.29, 0.717) is 0 Å². The number of rotatable bonds is 8. The van der Waals surface area contributed by atoms with Gasteiger partial charge >= 0.3 is 0 Å². The second kappa shape index (κ2) is 15.0. The number of ether oxygens (including phenoxy) is 6. The summed E-state index contributed by atoms with van der Waals surface area (Å²) in [6, 6.07) is 7.16. The third kappa shape index (κ3) is 7.16. The van der Waals surface area contributed by atoms with Gasteiger partial charge in [0.2, 0.25) is 17.5 Å². The molecule has 286 valence electrons. The third-order valence-corrected chi connectivity index (χ3v) is 9.26. The molecule has 1 aromatic heterocycles. The second-order valence-electron chi connectivity index (χ2n) is 12.9. The predicted molar refractivity (Wildman–Crippen MR) is 170 cm³/mol. The molecule has 6 rings (SSSR count). The van der Waals surface area contributed by atoms with Gasteiger partial charge in [-0.15, -0.1) is 0 Å². The smallest absolute Gasteiger partial charge is 0.239 e. The van der Waals surface area contributed by atoms with Crippen LogP contribution in [0.4, 0.5) is 0 Å². The fourth-order valence-corrected chi connectivity index (χ4v) is 6.20. The van der Waals surface area contributed by atoms with E-state index in [9.17, 15) is 61.0 Å². The molecule has 3 aliphatic rings. The van der Waals surface area contributed by atoms with Crippen LogP contribution in [0.5, 0.6) is 23.0 Å². The van der Waals surface area contributed by atoms with E-state index < -0.39 is 127 Å². The van der Waals surface area contributed by atoms with Crippen molar-refractivity contribution in [2.75, 3.05) is 6.61 Å². The number of benzene rings is 2. The zero-order chi connectivity index (χ0) is 37.8. The highest BCUT2D eigenvalue weighted by atomic mass is 16.8. The summed E-state index contributed by atoms with van der Waals surface area (Å²) in [5, 5.41) is 115. The van der Waals surface area contributed by atoms with Crippen LogP contribution in [0.1, 0.15) is 13.8 Å². The van der Waals surface area contributed by atoms with Gasteiger partial charge in [-0.2, -0.15) is 0 Å². The van der Waals surface area contributed by atoms with Gasteiger partial charge in [-0.25, -0.2) is 0 Å². The molecule has 15 atom stereocenters. The molecule has 3 aliphatic heterocycles. The van der Waals surface area contributed by atoms with E-state index in [4.69, 9.17) is 32.8 Å². The molecule has 0 radical (unpaired) electrons. The van der Waals surface area contributed by atoms with Crippen molar-refractivity contribution in [1.29, 1.82) is 0 Å². The van der Waals surface area contributed by atoms with E-state index in [2.05, 4.69) is 0 Å². The first-order valence-corrected chi connectivity index (χ1v) is 16.2. The van der Waals surface area contributed by atoms with E-state index in [0.717, 1.165) is 12.1 Å². The minimum Gasteiger partial charge on any atom is -0.508 e. The van der Waals surface area contributed by atoms with Gasteiger partial charge in [0.1, 0.15) is 83.2 Å². The highest BCUT2D eigenvalue weighted by Crippen LogP contribution is 2.38. The van der Waals surface area contributed by atoms with E-state index in [1.165, 1.54) is 38.1 Å². The van der Waals surface area contributed by atoms with Crippen molar-refractivity contribution < 1.29 is 89.0 Å². The van der Waals surface area contributed by atoms with Gasteiger partial charge in [0.25, 0.3) is 0 Å². The summed E-state index contributed by atoms with van der Waals surface area (Å²) >= 11 is 0. The molecule has 0 spiro atoms. The van der Waals surface area contributed by atoms with Crippen molar-refractivity contribution in [3.05, 3.63) is 46.6 Å². The van der Waals surface area contributed by atoms with Crippen LogP contribution in [-0.4, -0.2) is 155 Å². The van der Waals surface area contributed by atoms with Crippen LogP contribution in [0.25, 0.3) is 22.3 Å². The van der Waals surface area contributed by atoms with E-state index in [1.54, 1.807) is 0 Å². The summed E-state index contributed by atoms with van der Waals surface area (Å²) in [4.78, 5) is 14.0. The van der Waals surface area contributed by atoms with Crippen LogP contribution >= 0.6 is 0 Å². The molecule has 19 heteroatoms. The monoisotopic (exact) mass is 740 g/mol. The number of hydrogen-bond acceptors (Lipinski definition) is 19. The Hall–Kier alpha value is -3.67. The van der Waals surface area contributed by atoms with Crippen LogP contribution in [0.15, 0.2) is 45.6 Å². The van der Waals surface area contributed by atoms with Gasteiger partial charge in [0, 0.05) is 17.7 Å². The molecule has 11 N–H and O–H groups in total. The van der Waals surface area contributed by atoms with E-state index in [-0.39, 0.29) is 22.7 Å². The highest BCUT2D eigenvalue weighted by molar-refractivity contribution is 5.88. The molecule has 52 heavy (non-hydrogen) atoms. The standard InChI is InChI=1S/C33H40O19/c1-10-19(37)23(41)26(44)31(47-10)46-9-17-21(39)25(43)30(52-32-27(45)24(42)20(38)11(2)48-32)33(50-17)51-29-22(40)18-15(36)7-14(35)8-16(18)49-28(29)12-3-5-13(34)6-4-12/h3-8,10-11,17,19-21,23-27,30-39,41-45H,9H2,1-2H3/t10-,11-,17+,19-,20-,21+,23+,24+,25-,26+,27+,30+,31-,32?,33?/m0/s1. The lowest BCUT2D eigenvalue weighted by Gasteiger charge is -2.46. The molecule has 2 unspecified atom stereocenters. The summed E-state index contributed by atoms with van der Waals surface area (Å²) in [5.74, 6) is -2.27. The molecule has 0 amide bonds. The van der Waals surface area contributed by atoms with Crippen LogP contribution in [0.2, 0.25) is 0 Å². The lowest BCUT2D eigenvalue weighted by atomic mass is 9.97. The molecule has 0 saturated carbocycles. The molecule has 3 saturated heterocycles. The number of aliphatic hydroxyl groups is 8. The second-order valence-corrected chi connectivity index (χ2v) is 12.9. The van der Waals surface area contributed by atoms with Crippen molar-refractivity contribution in [1.82, 2.24) is 0 Å². The average Bonchev–Trinajstić information content (AvgIpc) is 3.10. The Morgan fingerprint density at radius 3 is 1.88 bits per heavy atom. The molecule has 4 heterocycles. The SMILES string of the molecule is C[C@@H]1O[C@H](OC[C@H]2OC(Oc3c(-c4ccc(O)cc4)oc4cc(O)cc(O)c4c3=O)[C@H](OC3O[C@@H](C)[C@H](O)[C@@H](O)[C@H]3O)[C@@H](O)[C@@H]2O)[C@H](O)[C@H](O)[C@H]1O. The summed E-state index contributed by atoms with van der Waals surface area (Å²) in [5.41, 5.74) is -1.15. The van der Waals surface area contributed by atoms with Gasteiger partial charge in [-0.1, -0.05) is 0 Å². The van der Waals surface area contributed by atoms with Crippen molar-refractivity contribution in [3.8, 4) is 34.3 Å². The summed E-state index contributed by atoms with van der Waals surface area (Å²) < 4.78 is 40.3. The van der Waals surface area contributed by atoms with Crippen molar-refractivity contribution in [2.45, 2.75) is 106 Å². The largest absolute Gasteiger partial charge is 0.508 e. The molecule has 0 aliphatic carbocycles. The summed E-state index contributed by atoms with van der Waals surface area (Å²) in [7, 11) is 0. The number of aromatic hydroxyl groups is 3. The van der Waals surface area contributed by atoms with E-state index in [1.807, 2.05) is 0 Å². The number of phenols is 3. The zero-order valence-electron chi connectivity index (χ0n) is 27.5. The average molecular weight is 741 g/mol. The number of hydrogen-bond donors (Lipinski definition) is 11. The Kier molecular flexibility index (Phi) is 11.0. The van der Waals surface area contributed by atoms with Crippen molar-refractivity contribution in [2.24, 2.45) is 0 Å². The maximum atomic E-state index is 14.0. The minimum atomic E-state index is -2.00. The lowest BCUT2D eigenvalue weighted by Crippen LogP contribution is -2.65. The third-order valence-electron chi connectivity index (χ3n) is 9.26. The molecular weight excluding hydrogens is 700 g/mol. The summed E-state index contributed by atoms with van der Waals surface area (Å²) in [6.45, 7) is 2.12. The molecule has 3 fully saturated rings. The van der Waals surface area contributed by atoms with E-state index >= 15 is 0 Å². The Bertz CT molecular complexity index is 1760. The summed E-state index contributed by atoms with van der Waals surface area (Å²) in [6.07, 6.45) is -24.7. The first-order chi connectivity index (χ1) is 24.6. The molecule has 2 aromatic carbocycles. The van der Waals surface area contributed by atoms with Gasteiger partial charge in [-0.3, -0.25) is 4.79 Å². The molecule has 19 nitrogen and oxygen atoms in total. The number of aliphatic hydroxyl groups excluding tert-OH is 8. The van der Waals surface area contributed by atoms with Crippen molar-refractivity contribution >= 4 is 11.0 Å². The van der Waals surface area contributed by atoms with Crippen LogP contribution in [0.3, 0.4) is 0 Å². The lowest BCUT2D eigenvalue weighted by molar-refractivity contribution is -0.360. The van der Waals surface area contributed by atoms with Gasteiger partial charge in [0.05, 0.1) is 18.8 Å². The normalized spacial score (nSPS) is 38.3. The maximum Gasteiger partial charge on any atom is 0.239 e. The Balaban J connectivity index is 1.38. The van der Waals surface area contributed by atoms with Crippen LogP contribution in [0, 0.1) is 0 Å². The Morgan fingerprint density at radius 1 is 0.654 bits per heavy atom. The fraction of sp³-hybridized carbons (Fsp3) is 0.545. The molecule has 0 bridgehead atoms. The zero-order valence-corrected chi connectivity index (χ0v) is 27.5. The fourth-order valence-electron chi connectivity index (χ4n) is 6.20. The van der Waals surface area contributed by atoms with Gasteiger partial charge < -0.3 is 89.0 Å². The quantitative estimate of drug-likeness (QED) is 0.113. The molecular formula is C33H40O19. The Morgan fingerprint density at radius 2 is 1.25 bits per heavy atom. The van der Waals surface area contributed by atoms with Gasteiger partial charge in [-0.05, 0) is 38.1 Å². The number of phenolic OH excluding ortho intramolecular Hbond substituents is 3. The van der Waals surface area contributed by atoms with Crippen LogP contribution in [-0.2, 0) is 23.7 Å². The maximum absolute atomic E-state index is 14.0. The predicted octanol–water partition coefficient (Wildman–Crippen LogP) is -2.54. The molecule has 3 aromatic rings. The highest BCUT2D eigenvalue weighted by Gasteiger charge is 2.52. The van der Waals surface area contributed by atoms with Crippen LogP contribution < -0.4 is 10.2 Å². The first-order valence-electron chi connectivity index (χ1n) is 16.2. The van der Waals surface area contributed by atoms with Gasteiger partial charge in [0.15, 0.2) is 24.4 Å². The number of fused-ring (bicyclic) bond motifs is 1. The minimum absolute atomic E-state index is 0.138.